The second-order valence-corrected chi connectivity index (χ2v) is 8.18. The molecule has 7 nitrogen and oxygen atoms in total. The molecule has 3 atom stereocenters. The highest BCUT2D eigenvalue weighted by Gasteiger charge is 2.38. The van der Waals surface area contributed by atoms with Gasteiger partial charge >= 0.3 is 0 Å². The lowest BCUT2D eigenvalue weighted by atomic mass is 9.77. The molecular weight excluding hydrogens is 354 g/mol. The maximum absolute atomic E-state index is 11.7. The Kier molecular flexibility index (Phi) is 3.82. The molecule has 1 aliphatic heterocycles. The van der Waals surface area contributed by atoms with Crippen LogP contribution in [0.4, 0.5) is 11.4 Å². The van der Waals surface area contributed by atoms with Crippen LogP contribution in [0.25, 0.3) is 0 Å². The Balaban J connectivity index is 1.78. The van der Waals surface area contributed by atoms with Crippen molar-refractivity contribution < 1.29 is 13.3 Å². The summed E-state index contributed by atoms with van der Waals surface area (Å²) in [6, 6.07) is 11.3. The number of rotatable bonds is 3. The van der Waals surface area contributed by atoms with E-state index in [2.05, 4.69) is 17.5 Å². The van der Waals surface area contributed by atoms with Crippen molar-refractivity contribution >= 4 is 21.4 Å². The number of non-ortho nitro benzene ring substituents is 1. The van der Waals surface area contributed by atoms with Gasteiger partial charge in [-0.2, -0.15) is 0 Å². The van der Waals surface area contributed by atoms with E-state index in [1.807, 2.05) is 6.07 Å². The summed E-state index contributed by atoms with van der Waals surface area (Å²) in [6.07, 6.45) is 4.95. The molecule has 0 saturated carbocycles. The predicted molar refractivity (Wildman–Crippen MR) is 97.3 cm³/mol. The van der Waals surface area contributed by atoms with Crippen LogP contribution in [0.5, 0.6) is 0 Å². The number of anilines is 1. The molecule has 0 bridgehead atoms. The molecule has 26 heavy (non-hydrogen) atoms. The van der Waals surface area contributed by atoms with Gasteiger partial charge in [-0.15, -0.1) is 0 Å². The fourth-order valence-corrected chi connectivity index (χ4v) is 4.46. The molecule has 1 heterocycles. The summed E-state index contributed by atoms with van der Waals surface area (Å²) in [5, 5.41) is 19.8. The number of nitrogens with zero attached hydrogens (tertiary/aromatic N) is 1. The van der Waals surface area contributed by atoms with E-state index >= 15 is 0 Å². The van der Waals surface area contributed by atoms with Gasteiger partial charge in [0.1, 0.15) is 0 Å². The summed E-state index contributed by atoms with van der Waals surface area (Å²) in [5.74, 6) is 0.192. The van der Waals surface area contributed by atoms with E-state index in [4.69, 9.17) is 5.14 Å². The Labute approximate surface area is 150 Å². The lowest BCUT2D eigenvalue weighted by Crippen LogP contribution is -2.29. The number of hydrogen-bond donors (Lipinski definition) is 2. The van der Waals surface area contributed by atoms with Crippen LogP contribution in [0.3, 0.4) is 0 Å². The molecule has 0 fully saturated rings. The van der Waals surface area contributed by atoms with Crippen molar-refractivity contribution in [1.29, 1.82) is 0 Å². The quantitative estimate of drug-likeness (QED) is 0.489. The zero-order chi connectivity index (χ0) is 18.5. The Hall–Kier alpha value is -2.71. The van der Waals surface area contributed by atoms with Crippen molar-refractivity contribution in [3.8, 4) is 0 Å². The van der Waals surface area contributed by atoms with Gasteiger partial charge in [-0.3, -0.25) is 10.1 Å². The van der Waals surface area contributed by atoms with E-state index in [0.717, 1.165) is 23.2 Å². The van der Waals surface area contributed by atoms with Gasteiger partial charge in [-0.25, -0.2) is 13.6 Å². The molecule has 1 aliphatic carbocycles. The minimum Gasteiger partial charge on any atom is -0.378 e. The largest absolute Gasteiger partial charge is 0.378 e. The first-order chi connectivity index (χ1) is 12.3. The number of nitrogens with two attached hydrogens (primary N) is 1. The van der Waals surface area contributed by atoms with Crippen LogP contribution in [0, 0.1) is 16.0 Å². The van der Waals surface area contributed by atoms with Gasteiger partial charge < -0.3 is 5.32 Å². The van der Waals surface area contributed by atoms with Crippen LogP contribution in [-0.4, -0.2) is 13.3 Å². The smallest absolute Gasteiger partial charge is 0.269 e. The van der Waals surface area contributed by atoms with Crippen molar-refractivity contribution in [3.05, 3.63) is 75.9 Å². The Morgan fingerprint density at radius 3 is 2.73 bits per heavy atom. The first-order valence-corrected chi connectivity index (χ1v) is 9.73. The van der Waals surface area contributed by atoms with E-state index in [0.29, 0.717) is 0 Å². The van der Waals surface area contributed by atoms with Gasteiger partial charge in [0, 0.05) is 23.7 Å². The van der Waals surface area contributed by atoms with Crippen molar-refractivity contribution in [1.82, 2.24) is 0 Å². The van der Waals surface area contributed by atoms with Crippen LogP contribution in [0.2, 0.25) is 0 Å². The molecule has 134 valence electrons. The summed E-state index contributed by atoms with van der Waals surface area (Å²) in [6.45, 7) is 0. The highest BCUT2D eigenvalue weighted by Crippen LogP contribution is 2.50. The summed E-state index contributed by atoms with van der Waals surface area (Å²) in [4.78, 5) is 10.8. The molecular formula is C18H17N3O4S. The maximum atomic E-state index is 11.7. The van der Waals surface area contributed by atoms with Gasteiger partial charge in [-0.1, -0.05) is 24.3 Å². The van der Waals surface area contributed by atoms with Gasteiger partial charge in [0.2, 0.25) is 10.0 Å². The van der Waals surface area contributed by atoms with Crippen molar-refractivity contribution in [2.75, 3.05) is 5.32 Å². The maximum Gasteiger partial charge on any atom is 0.269 e. The van der Waals surface area contributed by atoms with Gasteiger partial charge in [0.05, 0.1) is 15.9 Å². The Morgan fingerprint density at radius 1 is 1.19 bits per heavy atom. The van der Waals surface area contributed by atoms with Crippen LogP contribution in [0.1, 0.15) is 29.5 Å². The number of benzene rings is 2. The molecule has 0 unspecified atom stereocenters. The SMILES string of the molecule is NS(=O)(=O)c1ccc2c(c1)[C@H]1C=CC[C@H]1[C@@H](c1cccc([N+](=O)[O-])c1)N2. The third-order valence-electron chi connectivity index (χ3n) is 5.10. The Morgan fingerprint density at radius 2 is 2.00 bits per heavy atom. The summed E-state index contributed by atoms with van der Waals surface area (Å²) < 4.78 is 23.3. The third-order valence-corrected chi connectivity index (χ3v) is 6.01. The second kappa shape index (κ2) is 5.93. The van der Waals surface area contributed by atoms with Gasteiger partial charge in [-0.05, 0) is 41.7 Å². The first-order valence-electron chi connectivity index (χ1n) is 8.19. The number of allylic oxidation sites excluding steroid dienone is 2. The van der Waals surface area contributed by atoms with E-state index in [1.54, 1.807) is 24.3 Å². The van der Waals surface area contributed by atoms with E-state index in [1.165, 1.54) is 12.1 Å². The fourth-order valence-electron chi connectivity index (χ4n) is 3.91. The predicted octanol–water partition coefficient (Wildman–Crippen LogP) is 3.07. The molecule has 0 amide bonds. The molecule has 0 saturated heterocycles. The highest BCUT2D eigenvalue weighted by molar-refractivity contribution is 7.89. The molecule has 2 aromatic rings. The number of nitro groups is 1. The van der Waals surface area contributed by atoms with E-state index in [-0.39, 0.29) is 28.5 Å². The zero-order valence-electron chi connectivity index (χ0n) is 13.7. The van der Waals surface area contributed by atoms with E-state index in [9.17, 15) is 18.5 Å². The fraction of sp³-hybridized carbons (Fsp3) is 0.222. The highest BCUT2D eigenvalue weighted by atomic mass is 32.2. The Bertz CT molecular complexity index is 1030. The lowest BCUT2D eigenvalue weighted by molar-refractivity contribution is -0.384. The van der Waals surface area contributed by atoms with Crippen molar-refractivity contribution in [2.45, 2.75) is 23.3 Å². The van der Waals surface area contributed by atoms with E-state index < -0.39 is 14.9 Å². The molecule has 4 rings (SSSR count). The normalized spacial score (nSPS) is 23.8. The number of fused-ring (bicyclic) bond motifs is 3. The first kappa shape index (κ1) is 16.7. The molecule has 2 aromatic carbocycles. The van der Waals surface area contributed by atoms with Crippen LogP contribution in [0.15, 0.2) is 59.5 Å². The molecule has 0 radical (unpaired) electrons. The molecule has 3 N–H and O–H groups in total. The number of nitrogens with one attached hydrogen (secondary N) is 1. The standard InChI is InChI=1S/C18H17N3O4S/c19-26(24,25)13-7-8-17-16(10-13)14-5-2-6-15(14)18(20-17)11-3-1-4-12(9-11)21(22)23/h1-5,7-10,14-15,18,20H,6H2,(H2,19,24,25)/t14-,15+,18+/m0/s1. The summed E-state index contributed by atoms with van der Waals surface area (Å²) in [7, 11) is -3.77. The number of primary sulfonamides is 1. The molecule has 2 aliphatic rings. The third kappa shape index (κ3) is 2.77. The number of sulfonamides is 1. The topological polar surface area (TPSA) is 115 Å². The van der Waals surface area contributed by atoms with Crippen molar-refractivity contribution in [3.63, 3.8) is 0 Å². The molecule has 8 heteroatoms. The number of hydrogen-bond acceptors (Lipinski definition) is 5. The monoisotopic (exact) mass is 371 g/mol. The van der Waals surface area contributed by atoms with Crippen LogP contribution < -0.4 is 10.5 Å². The van der Waals surface area contributed by atoms with Crippen LogP contribution in [-0.2, 0) is 10.0 Å². The second-order valence-electron chi connectivity index (χ2n) is 6.62. The summed E-state index contributed by atoms with van der Waals surface area (Å²) in [5.41, 5.74) is 2.61. The lowest BCUT2D eigenvalue weighted by Gasteiger charge is -2.37. The van der Waals surface area contributed by atoms with Gasteiger partial charge in [0.25, 0.3) is 5.69 Å². The molecule has 0 spiro atoms. The average Bonchev–Trinajstić information content (AvgIpc) is 3.10. The minimum absolute atomic E-state index is 0.0391. The molecule has 0 aromatic heterocycles. The number of nitro benzene ring substituents is 1. The van der Waals surface area contributed by atoms with Gasteiger partial charge in [0.15, 0.2) is 0 Å². The van der Waals surface area contributed by atoms with Crippen LogP contribution >= 0.6 is 0 Å². The zero-order valence-corrected chi connectivity index (χ0v) is 14.5. The average molecular weight is 371 g/mol. The van der Waals surface area contributed by atoms with Crippen molar-refractivity contribution in [2.24, 2.45) is 11.1 Å². The summed E-state index contributed by atoms with van der Waals surface area (Å²) >= 11 is 0. The minimum atomic E-state index is -3.77.